The summed E-state index contributed by atoms with van der Waals surface area (Å²) in [5, 5.41) is 23.3. The van der Waals surface area contributed by atoms with E-state index < -0.39 is 11.2 Å². The van der Waals surface area contributed by atoms with Gasteiger partial charge in [0.1, 0.15) is 5.25 Å². The van der Waals surface area contributed by atoms with Gasteiger partial charge >= 0.3 is 0 Å². The predicted molar refractivity (Wildman–Crippen MR) is 89.8 cm³/mol. The number of carboxylic acid groups (broad SMARTS) is 1. The van der Waals surface area contributed by atoms with Gasteiger partial charge in [-0.05, 0) is 31.5 Å². The topological polar surface area (TPSA) is 123 Å². The lowest BCUT2D eigenvalue weighted by Gasteiger charge is -2.08. The van der Waals surface area contributed by atoms with Crippen LogP contribution in [0.1, 0.15) is 30.6 Å². The van der Waals surface area contributed by atoms with Crippen LogP contribution in [-0.2, 0) is 9.59 Å². The predicted octanol–water partition coefficient (Wildman–Crippen LogP) is 0.362. The number of carbonyl (C=O) groups excluding carboxylic acids is 3. The fraction of sp³-hybridized carbons (Fsp3) is 0.267. The summed E-state index contributed by atoms with van der Waals surface area (Å²) in [4.78, 5) is 34.5. The summed E-state index contributed by atoms with van der Waals surface area (Å²) < 4.78 is 0. The van der Waals surface area contributed by atoms with Crippen molar-refractivity contribution in [3.63, 3.8) is 0 Å². The molecule has 0 unspecified atom stereocenters. The second kappa shape index (κ2) is 7.73. The third-order valence-electron chi connectivity index (χ3n) is 2.89. The molecule has 2 N–H and O–H groups in total. The summed E-state index contributed by atoms with van der Waals surface area (Å²) in [5.41, 5.74) is 1.21. The number of nitrogens with zero attached hydrogens (tertiary/aromatic N) is 2. The van der Waals surface area contributed by atoms with Crippen molar-refractivity contribution in [1.82, 2.24) is 5.32 Å². The van der Waals surface area contributed by atoms with Crippen molar-refractivity contribution in [2.75, 3.05) is 5.32 Å². The number of carboxylic acids is 1. The molecule has 0 spiro atoms. The maximum Gasteiger partial charge on any atom is 0.240 e. The number of nitrogens with one attached hydrogen (secondary N) is 2. The summed E-state index contributed by atoms with van der Waals surface area (Å²) in [7, 11) is 0. The third kappa shape index (κ3) is 4.92. The van der Waals surface area contributed by atoms with Crippen LogP contribution in [0, 0.1) is 0 Å². The van der Waals surface area contributed by atoms with E-state index in [1.54, 1.807) is 13.8 Å². The average molecular weight is 347 g/mol. The first-order valence-electron chi connectivity index (χ1n) is 7.03. The highest BCUT2D eigenvalue weighted by atomic mass is 32.2. The van der Waals surface area contributed by atoms with E-state index in [0.717, 1.165) is 17.5 Å². The van der Waals surface area contributed by atoms with Gasteiger partial charge in [-0.2, -0.15) is 5.10 Å². The molecule has 0 radical (unpaired) electrons. The molecule has 0 aliphatic carbocycles. The largest absolute Gasteiger partial charge is 0.545 e. The molecule has 2 amide bonds. The molecule has 0 saturated carbocycles. The summed E-state index contributed by atoms with van der Waals surface area (Å²) >= 11 is 1.14. The quantitative estimate of drug-likeness (QED) is 0.588. The fourth-order valence-corrected chi connectivity index (χ4v) is 2.72. The van der Waals surface area contributed by atoms with Gasteiger partial charge in [0.15, 0.2) is 5.17 Å². The normalized spacial score (nSPS) is 18.2. The lowest BCUT2D eigenvalue weighted by molar-refractivity contribution is -0.255. The molecule has 2 rings (SSSR count). The first-order chi connectivity index (χ1) is 11.3. The van der Waals surface area contributed by atoms with Crippen LogP contribution in [-0.4, -0.2) is 33.9 Å². The van der Waals surface area contributed by atoms with Gasteiger partial charge in [0.2, 0.25) is 11.8 Å². The third-order valence-corrected chi connectivity index (χ3v) is 3.96. The summed E-state index contributed by atoms with van der Waals surface area (Å²) in [6.07, 6.45) is -0.0351. The van der Waals surface area contributed by atoms with Crippen LogP contribution >= 0.6 is 11.8 Å². The average Bonchev–Trinajstić information content (AvgIpc) is 2.85. The minimum absolute atomic E-state index is 0.0198. The summed E-state index contributed by atoms with van der Waals surface area (Å²) in [5.74, 6) is -1.95. The van der Waals surface area contributed by atoms with E-state index in [1.807, 2.05) is 0 Å². The van der Waals surface area contributed by atoms with Gasteiger partial charge in [0.25, 0.3) is 0 Å². The number of thioether (sulfide) groups is 1. The number of anilines is 1. The van der Waals surface area contributed by atoms with Crippen LogP contribution in [0.3, 0.4) is 0 Å². The Kier molecular flexibility index (Phi) is 5.69. The van der Waals surface area contributed by atoms with Crippen LogP contribution in [0.5, 0.6) is 0 Å². The van der Waals surface area contributed by atoms with Crippen LogP contribution < -0.4 is 15.7 Å². The Morgan fingerprint density at radius 3 is 2.54 bits per heavy atom. The van der Waals surface area contributed by atoms with Crippen molar-refractivity contribution in [3.8, 4) is 0 Å². The van der Waals surface area contributed by atoms with Gasteiger partial charge in [-0.15, -0.1) is 5.10 Å². The van der Waals surface area contributed by atoms with Gasteiger partial charge in [0.05, 0.1) is 5.97 Å². The van der Waals surface area contributed by atoms with E-state index in [-0.39, 0.29) is 23.8 Å². The maximum absolute atomic E-state index is 12.0. The van der Waals surface area contributed by atoms with Crippen molar-refractivity contribution < 1.29 is 19.5 Å². The Hall–Kier alpha value is -2.68. The van der Waals surface area contributed by atoms with E-state index in [2.05, 4.69) is 20.8 Å². The van der Waals surface area contributed by atoms with Crippen molar-refractivity contribution in [1.29, 1.82) is 0 Å². The molecule has 126 valence electrons. The van der Waals surface area contributed by atoms with Gasteiger partial charge in [-0.1, -0.05) is 23.9 Å². The van der Waals surface area contributed by atoms with E-state index >= 15 is 0 Å². The van der Waals surface area contributed by atoms with Gasteiger partial charge in [-0.3, -0.25) is 9.59 Å². The lowest BCUT2D eigenvalue weighted by atomic mass is 10.2. The standard InChI is InChI=1S/C15H16N4O4S/c1-8(2)18-19-15-17-13(21)11(24-15)7-12(20)16-10-5-3-9(4-6-10)14(22)23/h3-6,11H,7H2,1-2H3,(H,16,20)(H,22,23)(H,17,19,21)/p-1/t11-/m0/s1. The van der Waals surface area contributed by atoms with Crippen LogP contribution in [0.4, 0.5) is 5.69 Å². The second-order valence-corrected chi connectivity index (χ2v) is 6.36. The minimum atomic E-state index is -1.29. The van der Waals surface area contributed by atoms with E-state index in [0.29, 0.717) is 10.9 Å². The van der Waals surface area contributed by atoms with Gasteiger partial charge < -0.3 is 20.5 Å². The first kappa shape index (κ1) is 17.7. The number of amidine groups is 1. The number of benzene rings is 1. The number of aromatic carboxylic acids is 1. The molecular formula is C15H15N4O4S-. The highest BCUT2D eigenvalue weighted by Crippen LogP contribution is 2.23. The van der Waals surface area contributed by atoms with Crippen molar-refractivity contribution in [2.45, 2.75) is 25.5 Å². The van der Waals surface area contributed by atoms with Crippen molar-refractivity contribution in [2.24, 2.45) is 10.2 Å². The number of carbonyl (C=O) groups is 3. The molecule has 1 fully saturated rings. The molecule has 0 aromatic heterocycles. The summed E-state index contributed by atoms with van der Waals surface area (Å²) in [6.45, 7) is 3.56. The molecule has 1 saturated heterocycles. The van der Waals surface area contributed by atoms with Crippen LogP contribution in [0.2, 0.25) is 0 Å². The lowest BCUT2D eigenvalue weighted by Crippen LogP contribution is -2.28. The number of rotatable bonds is 5. The zero-order chi connectivity index (χ0) is 17.7. The van der Waals surface area contributed by atoms with Crippen LogP contribution in [0.25, 0.3) is 0 Å². The Bertz CT molecular complexity index is 723. The smallest absolute Gasteiger partial charge is 0.240 e. The van der Waals surface area contributed by atoms with E-state index in [4.69, 9.17) is 0 Å². The Labute approximate surface area is 142 Å². The van der Waals surface area contributed by atoms with E-state index in [9.17, 15) is 19.5 Å². The monoisotopic (exact) mass is 347 g/mol. The van der Waals surface area contributed by atoms with Crippen LogP contribution in [0.15, 0.2) is 34.5 Å². The van der Waals surface area contributed by atoms with E-state index in [1.165, 1.54) is 24.3 Å². The van der Waals surface area contributed by atoms with Gasteiger partial charge in [-0.25, -0.2) is 0 Å². The summed E-state index contributed by atoms with van der Waals surface area (Å²) in [6, 6.07) is 5.57. The Morgan fingerprint density at radius 1 is 1.29 bits per heavy atom. The highest BCUT2D eigenvalue weighted by molar-refractivity contribution is 8.15. The molecule has 8 nitrogen and oxygen atoms in total. The minimum Gasteiger partial charge on any atom is -0.545 e. The molecule has 1 aliphatic rings. The Balaban J connectivity index is 1.92. The molecule has 1 aromatic carbocycles. The van der Waals surface area contributed by atoms with Crippen molar-refractivity contribution in [3.05, 3.63) is 29.8 Å². The Morgan fingerprint density at radius 2 is 1.96 bits per heavy atom. The molecule has 24 heavy (non-hydrogen) atoms. The molecular weight excluding hydrogens is 332 g/mol. The number of hydrogen-bond acceptors (Lipinski definition) is 7. The fourth-order valence-electron chi connectivity index (χ4n) is 1.80. The zero-order valence-corrected chi connectivity index (χ0v) is 13.8. The molecule has 1 heterocycles. The molecule has 1 aliphatic heterocycles. The maximum atomic E-state index is 12.0. The number of amides is 2. The van der Waals surface area contributed by atoms with Gasteiger partial charge in [0, 0.05) is 17.8 Å². The first-order valence-corrected chi connectivity index (χ1v) is 7.91. The SMILES string of the molecule is CC(C)=N/N=C1\NC(=O)[C@H](CC(=O)Nc2ccc(C(=O)[O-])cc2)S1. The van der Waals surface area contributed by atoms with Crippen molar-refractivity contribution >= 4 is 46.1 Å². The second-order valence-electron chi connectivity index (χ2n) is 5.17. The molecule has 0 bridgehead atoms. The highest BCUT2D eigenvalue weighted by Gasteiger charge is 2.32. The number of hydrogen-bond donors (Lipinski definition) is 2. The zero-order valence-electron chi connectivity index (χ0n) is 13.0. The molecule has 1 aromatic rings. The molecule has 1 atom stereocenters. The molecule has 9 heteroatoms.